The number of phenolic OH excluding ortho intramolecular Hbond substituents is 1. The summed E-state index contributed by atoms with van der Waals surface area (Å²) in [5.41, 5.74) is 15.8. The van der Waals surface area contributed by atoms with Crippen LogP contribution in [0.3, 0.4) is 0 Å². The van der Waals surface area contributed by atoms with Gasteiger partial charge in [-0.1, -0.05) is 103 Å². The van der Waals surface area contributed by atoms with E-state index in [9.17, 15) is 69.3 Å². The highest BCUT2D eigenvalue weighted by Crippen LogP contribution is 2.41. The zero-order chi connectivity index (χ0) is 86.0. The van der Waals surface area contributed by atoms with Crippen LogP contribution in [0.4, 0.5) is 17.1 Å². The Bertz CT molecular complexity index is 5180. The molecule has 0 saturated heterocycles. The molecule has 6 aliphatic rings. The van der Waals surface area contributed by atoms with Gasteiger partial charge in [-0.3, -0.25) is 59.1 Å². The molecule has 0 aliphatic heterocycles. The van der Waals surface area contributed by atoms with Crippen LogP contribution >= 0.6 is 0 Å². The third kappa shape index (κ3) is 23.1. The van der Waals surface area contributed by atoms with Crippen molar-refractivity contribution in [3.05, 3.63) is 348 Å². The molecule has 6 aliphatic carbocycles. The SMILES string of the molecule is C=CCC1(CO)CCc2cc(-c3ccc([N+](=O)[O-])cc3)ccc2C1=O.C=CCC1CCc2cc(-c3ccc([N+](=O)[O-])cc3)ccc2C1=O.C=CCC1CCc2cc(C)ccc2C1=O.C=CCC1CCc2cc(O)ccc2C1=O.C=CCC1CCc2cc(OC)ccc2C1=O.COc1ccc2c(c1)CCCC2=O.O=[N+]([O-])c1ccc(B(O)O)cc1. The molecule has 22 heteroatoms. The van der Waals surface area contributed by atoms with Gasteiger partial charge in [-0.15, -0.1) is 32.9 Å². The molecule has 119 heavy (non-hydrogen) atoms. The van der Waals surface area contributed by atoms with Crippen LogP contribution < -0.4 is 14.9 Å². The molecular formula is C97H100BN3O18. The number of carbonyl (C=O) groups excluding carboxylic acids is 6. The highest BCUT2D eigenvalue weighted by Gasteiger charge is 2.41. The summed E-state index contributed by atoms with van der Waals surface area (Å²) in [5.74, 6) is 3.50. The van der Waals surface area contributed by atoms with Crippen LogP contribution in [-0.2, 0) is 38.5 Å². The third-order valence-electron chi connectivity index (χ3n) is 22.4. The van der Waals surface area contributed by atoms with Gasteiger partial charge in [0.25, 0.3) is 17.1 Å². The smallest absolute Gasteiger partial charge is 0.488 e. The van der Waals surface area contributed by atoms with E-state index in [-0.39, 0.29) is 87.5 Å². The predicted octanol–water partition coefficient (Wildman–Crippen LogP) is 19.1. The number of carbonyl (C=O) groups is 6. The Kier molecular flexibility index (Phi) is 32.5. The highest BCUT2D eigenvalue weighted by molar-refractivity contribution is 6.58. The number of hydrogen-bond donors (Lipinski definition) is 4. The average Bonchev–Trinajstić information content (AvgIpc) is 0.759. The average molecular weight is 1610 g/mol. The zero-order valence-corrected chi connectivity index (χ0v) is 67.4. The molecule has 0 saturated carbocycles. The number of nitro benzene ring substituents is 3. The topological polar surface area (TPSA) is 331 Å². The molecule has 0 fully saturated rings. The summed E-state index contributed by atoms with van der Waals surface area (Å²) < 4.78 is 10.3. The summed E-state index contributed by atoms with van der Waals surface area (Å²) >= 11 is 0. The van der Waals surface area contributed by atoms with Crippen LogP contribution in [0.2, 0.25) is 0 Å². The number of aromatic hydroxyl groups is 1. The molecule has 0 aromatic heterocycles. The number of rotatable bonds is 19. The number of fused-ring (bicyclic) bond motifs is 6. The first kappa shape index (κ1) is 90.2. The number of nitrogens with zero attached hydrogens (tertiary/aromatic N) is 3. The second-order valence-electron chi connectivity index (χ2n) is 30.2. The Balaban J connectivity index is 0.000000161. The van der Waals surface area contributed by atoms with E-state index in [0.717, 1.165) is 179 Å². The maximum absolute atomic E-state index is 12.8. The lowest BCUT2D eigenvalue weighted by molar-refractivity contribution is -0.385. The van der Waals surface area contributed by atoms with E-state index in [1.807, 2.05) is 91.0 Å². The van der Waals surface area contributed by atoms with Crippen LogP contribution in [0, 0.1) is 66.4 Å². The van der Waals surface area contributed by atoms with Crippen LogP contribution in [0.15, 0.2) is 245 Å². The van der Waals surface area contributed by atoms with Crippen LogP contribution in [0.5, 0.6) is 17.2 Å². The number of methoxy groups -OCH3 is 2. The van der Waals surface area contributed by atoms with E-state index in [2.05, 4.69) is 45.9 Å². The van der Waals surface area contributed by atoms with Gasteiger partial charge in [-0.2, -0.15) is 0 Å². The normalized spacial score (nSPS) is 17.5. The molecule has 0 amide bonds. The zero-order valence-electron chi connectivity index (χ0n) is 67.4. The summed E-state index contributed by atoms with van der Waals surface area (Å²) in [7, 11) is 1.71. The van der Waals surface area contributed by atoms with E-state index in [0.29, 0.717) is 37.0 Å². The number of allylic oxidation sites excluding steroid dienone is 5. The molecule has 21 nitrogen and oxygen atoms in total. The summed E-state index contributed by atoms with van der Waals surface area (Å²) in [4.78, 5) is 103. The van der Waals surface area contributed by atoms with E-state index in [1.54, 1.807) is 81.0 Å². The Morgan fingerprint density at radius 2 is 0.773 bits per heavy atom. The van der Waals surface area contributed by atoms with E-state index in [4.69, 9.17) is 19.5 Å². The monoisotopic (exact) mass is 1610 g/mol. The van der Waals surface area contributed by atoms with Gasteiger partial charge in [0.1, 0.15) is 17.2 Å². The van der Waals surface area contributed by atoms with E-state index >= 15 is 0 Å². The number of aryl methyl sites for hydroxylation is 7. The van der Waals surface area contributed by atoms with Gasteiger partial charge in [-0.25, -0.2) is 0 Å². The molecule has 0 radical (unpaired) electrons. The summed E-state index contributed by atoms with van der Waals surface area (Å²) in [6.07, 6.45) is 23.8. The van der Waals surface area contributed by atoms with Crippen LogP contribution in [0.1, 0.15) is 178 Å². The maximum atomic E-state index is 12.8. The Hall–Kier alpha value is -12.8. The Morgan fingerprint density at radius 3 is 1.18 bits per heavy atom. The van der Waals surface area contributed by atoms with Gasteiger partial charge in [-0.05, 0) is 256 Å². The Labute approximate surface area is 693 Å². The maximum Gasteiger partial charge on any atom is 0.488 e. The lowest BCUT2D eigenvalue weighted by Crippen LogP contribution is -2.38. The fraction of sp³-hybridized carbons (Fsp3) is 0.278. The third-order valence-corrected chi connectivity index (χ3v) is 22.4. The highest BCUT2D eigenvalue weighted by atomic mass is 16.6. The number of nitro groups is 3. The number of non-ortho nitro benzene ring substituents is 3. The van der Waals surface area contributed by atoms with Crippen LogP contribution in [-0.4, -0.2) is 97.7 Å². The largest absolute Gasteiger partial charge is 0.508 e. The first-order valence-corrected chi connectivity index (χ1v) is 39.7. The van der Waals surface area contributed by atoms with Crippen molar-refractivity contribution in [1.29, 1.82) is 0 Å². The van der Waals surface area contributed by atoms with Crippen molar-refractivity contribution in [2.75, 3.05) is 20.8 Å². The number of aliphatic hydroxyl groups is 1. The number of hydrogen-bond acceptors (Lipinski definition) is 18. The van der Waals surface area contributed by atoms with Crippen molar-refractivity contribution in [2.45, 2.75) is 122 Å². The van der Waals surface area contributed by atoms with Gasteiger partial charge in [0.05, 0.1) is 41.0 Å². The quantitative estimate of drug-likeness (QED) is 0.0253. The van der Waals surface area contributed by atoms with Crippen molar-refractivity contribution in [1.82, 2.24) is 0 Å². The van der Waals surface area contributed by atoms with Gasteiger partial charge < -0.3 is 29.7 Å². The minimum absolute atomic E-state index is 0.0357. The number of benzene rings is 9. The molecule has 15 rings (SSSR count). The number of ketones is 6. The lowest BCUT2D eigenvalue weighted by atomic mass is 9.69. The second kappa shape index (κ2) is 42.9. The van der Waals surface area contributed by atoms with Crippen molar-refractivity contribution in [2.24, 2.45) is 29.1 Å². The number of phenols is 1. The van der Waals surface area contributed by atoms with Crippen LogP contribution in [0.25, 0.3) is 22.3 Å². The Morgan fingerprint density at radius 1 is 0.420 bits per heavy atom. The molecule has 5 unspecified atom stereocenters. The molecule has 0 bridgehead atoms. The molecule has 9 aromatic rings. The first-order chi connectivity index (χ1) is 57.2. The number of aliphatic hydroxyl groups excluding tert-OH is 1. The molecule has 0 spiro atoms. The van der Waals surface area contributed by atoms with Crippen molar-refractivity contribution in [3.8, 4) is 39.5 Å². The van der Waals surface area contributed by atoms with Gasteiger partial charge >= 0.3 is 7.12 Å². The fourth-order valence-corrected chi connectivity index (χ4v) is 15.7. The lowest BCUT2D eigenvalue weighted by Gasteiger charge is -2.34. The molecular weight excluding hydrogens is 1510 g/mol. The van der Waals surface area contributed by atoms with E-state index < -0.39 is 27.3 Å². The summed E-state index contributed by atoms with van der Waals surface area (Å²) in [5, 5.41) is 68.0. The first-order valence-electron chi connectivity index (χ1n) is 39.7. The molecule has 614 valence electrons. The molecule has 4 N–H and O–H groups in total. The summed E-state index contributed by atoms with van der Waals surface area (Å²) in [6, 6.07) is 51.8. The van der Waals surface area contributed by atoms with Crippen molar-refractivity contribution in [3.63, 3.8) is 0 Å². The van der Waals surface area contributed by atoms with Gasteiger partial charge in [0.15, 0.2) is 34.7 Å². The van der Waals surface area contributed by atoms with Crippen molar-refractivity contribution < 1.29 is 73.3 Å². The predicted molar refractivity (Wildman–Crippen MR) is 463 cm³/mol. The standard InChI is InChI=1S/C20H19NO4.C19H17NO3.C14H16O2.C14H16O.C13H14O2.C11H12O2.C6H6BNO4/c1-2-10-20(13-22)11-9-16-12-15(5-8-18(16)19(20)23)14-3-6-17(7-4-14)21(24)25;1-2-3-14-4-5-16-12-15(8-11-18(16)19(14)21)13-6-9-17(10-7-13)20(22)23;1-3-4-10-5-6-11-9-12(16-2)7-8-13(11)14(10)15;1-3-4-11-6-7-12-9-10(2)5-8-13(12)14(11)15;1-2-3-9-4-5-10-8-11(14)6-7-12(10)13(9)15;1-13-9-5-6-10-8(7-9)3-2-4-11(10)12;9-7(10)5-1-3-6(4-2-5)8(11)12/h2-8,12,22H,1,9-11,13H2;2,6-12,14H,1,3-5H2;3,7-10H,1,4-6H2,2H3;3,5,8-9,11H,1,4,6-7H2,2H3;2,6-9,14H,1,3-5H2;5-7H,2-4H2,1H3;1-4,9-10H. The minimum atomic E-state index is -1.58. The molecule has 5 atom stereocenters. The van der Waals surface area contributed by atoms with E-state index in [1.165, 1.54) is 59.7 Å². The molecule has 0 heterocycles. The minimum Gasteiger partial charge on any atom is -0.508 e. The summed E-state index contributed by atoms with van der Waals surface area (Å²) in [6.45, 7) is 20.4. The number of ether oxygens (including phenoxy) is 2. The molecule has 9 aromatic carbocycles. The second-order valence-corrected chi connectivity index (χ2v) is 30.2. The van der Waals surface area contributed by atoms with Gasteiger partial charge in [0, 0.05) is 99.9 Å². The van der Waals surface area contributed by atoms with Gasteiger partial charge in [0.2, 0.25) is 0 Å². The van der Waals surface area contributed by atoms with Crippen molar-refractivity contribution >= 4 is 64.3 Å². The fourth-order valence-electron chi connectivity index (χ4n) is 15.7. The number of Topliss-reactive ketones (excluding diaryl/α,β-unsaturated/α-hetero) is 6.